The number of benzene rings is 2. The standard InChI is InChI=1S/C29H28N6O2/c1-35(2)17-5-9-28(36)32-24-12-10-22(11-13-24)29(37)33-25-8-3-6-21(18-25)19-27-31-16-14-26(34-27)23-7-4-15-30-20-23/h3-16,18,20H,17,19H2,1-2H3,(H,32,36)(H,33,37)/b9-5+. The number of carbonyl (C=O) groups excluding carboxylic acids is 2. The van der Waals surface area contributed by atoms with E-state index in [0.717, 1.165) is 16.8 Å². The van der Waals surface area contributed by atoms with Gasteiger partial charge in [0.25, 0.3) is 5.91 Å². The molecular weight excluding hydrogens is 464 g/mol. The largest absolute Gasteiger partial charge is 0.323 e. The molecule has 0 fully saturated rings. The molecule has 0 atom stereocenters. The van der Waals surface area contributed by atoms with Crippen LogP contribution >= 0.6 is 0 Å². The normalized spacial score (nSPS) is 11.0. The molecule has 2 N–H and O–H groups in total. The zero-order valence-corrected chi connectivity index (χ0v) is 20.8. The van der Waals surface area contributed by atoms with Crippen molar-refractivity contribution in [1.29, 1.82) is 0 Å². The summed E-state index contributed by atoms with van der Waals surface area (Å²) >= 11 is 0. The summed E-state index contributed by atoms with van der Waals surface area (Å²) in [6.07, 6.45) is 9.04. The highest BCUT2D eigenvalue weighted by Crippen LogP contribution is 2.18. The maximum Gasteiger partial charge on any atom is 0.255 e. The fourth-order valence-corrected chi connectivity index (χ4v) is 3.56. The number of anilines is 2. The van der Waals surface area contributed by atoms with Crippen LogP contribution in [0.4, 0.5) is 11.4 Å². The first kappa shape index (κ1) is 25.4. The first-order valence-electron chi connectivity index (χ1n) is 11.8. The Balaban J connectivity index is 1.36. The van der Waals surface area contributed by atoms with Gasteiger partial charge in [-0.25, -0.2) is 9.97 Å². The van der Waals surface area contributed by atoms with E-state index in [4.69, 9.17) is 0 Å². The fraction of sp³-hybridized carbons (Fsp3) is 0.138. The van der Waals surface area contributed by atoms with Gasteiger partial charge < -0.3 is 15.5 Å². The molecule has 0 bridgehead atoms. The molecule has 0 saturated heterocycles. The van der Waals surface area contributed by atoms with Crippen LogP contribution in [-0.2, 0) is 11.2 Å². The molecule has 0 aliphatic rings. The topological polar surface area (TPSA) is 100 Å². The lowest BCUT2D eigenvalue weighted by molar-refractivity contribution is -0.111. The van der Waals surface area contributed by atoms with E-state index in [9.17, 15) is 9.59 Å². The minimum absolute atomic E-state index is 0.217. The van der Waals surface area contributed by atoms with Gasteiger partial charge in [0.05, 0.1) is 5.69 Å². The van der Waals surface area contributed by atoms with Gasteiger partial charge in [-0.15, -0.1) is 0 Å². The number of pyridine rings is 1. The van der Waals surface area contributed by atoms with Gasteiger partial charge in [0, 0.05) is 60.1 Å². The van der Waals surface area contributed by atoms with Crippen molar-refractivity contribution in [2.24, 2.45) is 0 Å². The van der Waals surface area contributed by atoms with E-state index in [2.05, 4.69) is 25.6 Å². The third kappa shape index (κ3) is 7.65. The van der Waals surface area contributed by atoms with E-state index < -0.39 is 0 Å². The number of hydrogen-bond donors (Lipinski definition) is 2. The molecule has 37 heavy (non-hydrogen) atoms. The molecule has 2 heterocycles. The van der Waals surface area contributed by atoms with Crippen molar-refractivity contribution in [2.45, 2.75) is 6.42 Å². The number of aromatic nitrogens is 3. The maximum absolute atomic E-state index is 12.8. The van der Waals surface area contributed by atoms with Gasteiger partial charge in [-0.3, -0.25) is 14.6 Å². The Morgan fingerprint density at radius 1 is 0.919 bits per heavy atom. The number of carbonyl (C=O) groups is 2. The minimum Gasteiger partial charge on any atom is -0.323 e. The number of rotatable bonds is 9. The first-order valence-corrected chi connectivity index (χ1v) is 11.8. The molecule has 2 aromatic heterocycles. The van der Waals surface area contributed by atoms with E-state index in [-0.39, 0.29) is 11.8 Å². The maximum atomic E-state index is 12.8. The van der Waals surface area contributed by atoms with Gasteiger partial charge in [-0.1, -0.05) is 18.2 Å². The minimum atomic E-state index is -0.240. The molecule has 0 unspecified atom stereocenters. The van der Waals surface area contributed by atoms with E-state index >= 15 is 0 Å². The van der Waals surface area contributed by atoms with Crippen LogP contribution in [-0.4, -0.2) is 52.3 Å². The molecule has 4 aromatic rings. The quantitative estimate of drug-likeness (QED) is 0.335. The summed E-state index contributed by atoms with van der Waals surface area (Å²) in [5.41, 5.74) is 4.49. The molecule has 0 spiro atoms. The highest BCUT2D eigenvalue weighted by atomic mass is 16.2. The summed E-state index contributed by atoms with van der Waals surface area (Å²) in [5.74, 6) is 0.223. The molecule has 2 amide bonds. The molecule has 0 radical (unpaired) electrons. The Morgan fingerprint density at radius 2 is 1.76 bits per heavy atom. The van der Waals surface area contributed by atoms with E-state index in [1.54, 1.807) is 48.9 Å². The number of hydrogen-bond acceptors (Lipinski definition) is 6. The Bertz CT molecular complexity index is 1390. The van der Waals surface area contributed by atoms with E-state index in [1.807, 2.05) is 61.5 Å². The van der Waals surface area contributed by atoms with Gasteiger partial charge in [-0.2, -0.15) is 0 Å². The lowest BCUT2D eigenvalue weighted by Gasteiger charge is -2.09. The zero-order chi connectivity index (χ0) is 26.0. The lowest BCUT2D eigenvalue weighted by Crippen LogP contribution is -2.13. The van der Waals surface area contributed by atoms with Crippen LogP contribution in [0.5, 0.6) is 0 Å². The van der Waals surface area contributed by atoms with Crippen molar-refractivity contribution in [3.63, 3.8) is 0 Å². The summed E-state index contributed by atoms with van der Waals surface area (Å²) in [6.45, 7) is 0.679. The van der Waals surface area contributed by atoms with Crippen molar-refractivity contribution < 1.29 is 9.59 Å². The molecule has 8 heteroatoms. The summed E-state index contributed by atoms with van der Waals surface area (Å²) < 4.78 is 0. The van der Waals surface area contributed by atoms with Gasteiger partial charge in [0.2, 0.25) is 5.91 Å². The zero-order valence-electron chi connectivity index (χ0n) is 20.8. The molecular formula is C29H28N6O2. The highest BCUT2D eigenvalue weighted by Gasteiger charge is 2.09. The van der Waals surface area contributed by atoms with Crippen LogP contribution in [0.25, 0.3) is 11.3 Å². The Labute approximate surface area is 216 Å². The van der Waals surface area contributed by atoms with Crippen LogP contribution in [0.15, 0.2) is 97.5 Å². The summed E-state index contributed by atoms with van der Waals surface area (Å²) in [5, 5.41) is 5.71. The van der Waals surface area contributed by atoms with Crippen LogP contribution in [0, 0.1) is 0 Å². The van der Waals surface area contributed by atoms with Crippen molar-refractivity contribution in [1.82, 2.24) is 19.9 Å². The first-order chi connectivity index (χ1) is 18.0. The van der Waals surface area contributed by atoms with E-state index in [0.29, 0.717) is 35.7 Å². The van der Waals surface area contributed by atoms with Crippen LogP contribution in [0.1, 0.15) is 21.7 Å². The monoisotopic (exact) mass is 492 g/mol. The molecule has 2 aromatic carbocycles. The van der Waals surface area contributed by atoms with Gasteiger partial charge in [0.15, 0.2) is 0 Å². The molecule has 0 saturated carbocycles. The molecule has 8 nitrogen and oxygen atoms in total. The van der Waals surface area contributed by atoms with Crippen LogP contribution < -0.4 is 10.6 Å². The second-order valence-corrected chi connectivity index (χ2v) is 8.66. The smallest absolute Gasteiger partial charge is 0.255 e. The Kier molecular flexibility index (Phi) is 8.46. The van der Waals surface area contributed by atoms with Gasteiger partial charge >= 0.3 is 0 Å². The lowest BCUT2D eigenvalue weighted by atomic mass is 10.1. The van der Waals surface area contributed by atoms with Crippen molar-refractivity contribution >= 4 is 23.2 Å². The van der Waals surface area contributed by atoms with Crippen molar-refractivity contribution in [3.8, 4) is 11.3 Å². The van der Waals surface area contributed by atoms with Crippen LogP contribution in [0.2, 0.25) is 0 Å². The average Bonchev–Trinajstić information content (AvgIpc) is 2.90. The van der Waals surface area contributed by atoms with Gasteiger partial charge in [-0.05, 0) is 74.3 Å². The summed E-state index contributed by atoms with van der Waals surface area (Å²) in [6, 6.07) is 20.1. The Hall–Kier alpha value is -4.69. The Morgan fingerprint density at radius 3 is 2.51 bits per heavy atom. The second-order valence-electron chi connectivity index (χ2n) is 8.66. The third-order valence-electron chi connectivity index (χ3n) is 5.36. The average molecular weight is 493 g/mol. The third-order valence-corrected chi connectivity index (χ3v) is 5.36. The predicted molar refractivity (Wildman–Crippen MR) is 145 cm³/mol. The molecule has 186 valence electrons. The number of likely N-dealkylation sites (N-methyl/N-ethyl adjacent to an activating group) is 1. The molecule has 0 aliphatic heterocycles. The van der Waals surface area contributed by atoms with Crippen molar-refractivity contribution in [3.05, 3.63) is 114 Å². The predicted octanol–water partition coefficient (Wildman–Crippen LogP) is 4.44. The van der Waals surface area contributed by atoms with E-state index in [1.165, 1.54) is 6.08 Å². The molecule has 0 aliphatic carbocycles. The molecule has 4 rings (SSSR count). The van der Waals surface area contributed by atoms with Crippen molar-refractivity contribution in [2.75, 3.05) is 31.3 Å². The van der Waals surface area contributed by atoms with Gasteiger partial charge in [0.1, 0.15) is 5.82 Å². The number of nitrogens with one attached hydrogen (secondary N) is 2. The number of nitrogens with zero attached hydrogens (tertiary/aromatic N) is 4. The summed E-state index contributed by atoms with van der Waals surface area (Å²) in [7, 11) is 3.86. The summed E-state index contributed by atoms with van der Waals surface area (Å²) in [4.78, 5) is 39.9. The number of amides is 2. The second kappa shape index (κ2) is 12.3. The SMILES string of the molecule is CN(C)C/C=C/C(=O)Nc1ccc(C(=O)Nc2cccc(Cc3nccc(-c4cccnc4)n3)c2)cc1. The highest BCUT2D eigenvalue weighted by molar-refractivity contribution is 6.05. The fourth-order valence-electron chi connectivity index (χ4n) is 3.56. The van der Waals surface area contributed by atoms with Crippen LogP contribution in [0.3, 0.4) is 0 Å².